The van der Waals surface area contributed by atoms with Gasteiger partial charge in [0.25, 0.3) is 0 Å². The van der Waals surface area contributed by atoms with Crippen LogP contribution in [0.5, 0.6) is 0 Å². The van der Waals surface area contributed by atoms with Crippen molar-refractivity contribution in [2.24, 2.45) is 0 Å². The number of ether oxygens (including phenoxy) is 1. The standard InChI is InChI=1S/C14H21NO3/c1-17-14(16)12-10-13(18-15-12)11-8-6-4-2-3-5-7-9-11/h10-11H,2-9H2,1H3. The minimum Gasteiger partial charge on any atom is -0.464 e. The first-order chi connectivity index (χ1) is 8.81. The van der Waals surface area contributed by atoms with E-state index in [4.69, 9.17) is 4.52 Å². The molecular formula is C14H21NO3. The molecule has 0 atom stereocenters. The van der Waals surface area contributed by atoms with E-state index in [-0.39, 0.29) is 5.69 Å². The highest BCUT2D eigenvalue weighted by molar-refractivity contribution is 5.86. The van der Waals surface area contributed by atoms with Gasteiger partial charge in [0.05, 0.1) is 7.11 Å². The molecule has 1 fully saturated rings. The largest absolute Gasteiger partial charge is 0.464 e. The number of nitrogens with zero attached hydrogens (tertiary/aromatic N) is 1. The average Bonchev–Trinajstić information content (AvgIpc) is 2.91. The van der Waals surface area contributed by atoms with E-state index in [0.29, 0.717) is 5.92 Å². The molecule has 1 aromatic rings. The van der Waals surface area contributed by atoms with Gasteiger partial charge < -0.3 is 9.26 Å². The number of rotatable bonds is 2. The maximum absolute atomic E-state index is 11.3. The second-order valence-electron chi connectivity index (χ2n) is 5.00. The zero-order chi connectivity index (χ0) is 12.8. The number of methoxy groups -OCH3 is 1. The number of hydrogen-bond acceptors (Lipinski definition) is 4. The van der Waals surface area contributed by atoms with E-state index in [2.05, 4.69) is 9.89 Å². The zero-order valence-electron chi connectivity index (χ0n) is 11.0. The molecule has 4 nitrogen and oxygen atoms in total. The lowest BCUT2D eigenvalue weighted by Gasteiger charge is -2.11. The fourth-order valence-corrected chi connectivity index (χ4v) is 2.60. The van der Waals surface area contributed by atoms with Gasteiger partial charge in [-0.05, 0) is 12.8 Å². The lowest BCUT2D eigenvalue weighted by atomic mass is 9.94. The quantitative estimate of drug-likeness (QED) is 0.752. The van der Waals surface area contributed by atoms with Crippen molar-refractivity contribution in [3.63, 3.8) is 0 Å². The van der Waals surface area contributed by atoms with Crippen LogP contribution >= 0.6 is 0 Å². The molecule has 0 aromatic carbocycles. The molecule has 2 rings (SSSR count). The third-order valence-electron chi connectivity index (χ3n) is 3.68. The molecule has 1 saturated carbocycles. The van der Waals surface area contributed by atoms with Gasteiger partial charge >= 0.3 is 5.97 Å². The molecule has 4 heteroatoms. The van der Waals surface area contributed by atoms with Crippen molar-refractivity contribution in [1.82, 2.24) is 5.16 Å². The van der Waals surface area contributed by atoms with Gasteiger partial charge in [0, 0.05) is 12.0 Å². The van der Waals surface area contributed by atoms with Crippen LogP contribution in [-0.2, 0) is 4.74 Å². The van der Waals surface area contributed by atoms with Gasteiger partial charge in [-0.25, -0.2) is 4.79 Å². The SMILES string of the molecule is COC(=O)c1cc(C2CCCCCCCC2)on1. The Morgan fingerprint density at radius 3 is 2.44 bits per heavy atom. The number of carbonyl (C=O) groups excluding carboxylic acids is 1. The number of carbonyl (C=O) groups is 1. The molecule has 1 heterocycles. The maximum atomic E-state index is 11.3. The Kier molecular flexibility index (Phi) is 4.79. The summed E-state index contributed by atoms with van der Waals surface area (Å²) >= 11 is 0. The summed E-state index contributed by atoms with van der Waals surface area (Å²) in [5, 5.41) is 3.79. The summed E-state index contributed by atoms with van der Waals surface area (Å²) in [6.45, 7) is 0. The van der Waals surface area contributed by atoms with Crippen molar-refractivity contribution in [3.05, 3.63) is 17.5 Å². The predicted octanol–water partition coefficient (Wildman–Crippen LogP) is 3.68. The topological polar surface area (TPSA) is 52.3 Å². The minimum atomic E-state index is -0.423. The smallest absolute Gasteiger partial charge is 0.360 e. The first-order valence-corrected chi connectivity index (χ1v) is 6.86. The molecule has 1 aliphatic carbocycles. The molecule has 100 valence electrons. The Morgan fingerprint density at radius 1 is 1.22 bits per heavy atom. The number of aromatic nitrogens is 1. The summed E-state index contributed by atoms with van der Waals surface area (Å²) in [5.41, 5.74) is 0.285. The summed E-state index contributed by atoms with van der Waals surface area (Å²) in [7, 11) is 1.36. The van der Waals surface area contributed by atoms with E-state index >= 15 is 0 Å². The van der Waals surface area contributed by atoms with Crippen LogP contribution in [0, 0.1) is 0 Å². The molecule has 0 spiro atoms. The highest BCUT2D eigenvalue weighted by Gasteiger charge is 2.20. The Balaban J connectivity index is 2.03. The van der Waals surface area contributed by atoms with Crippen molar-refractivity contribution >= 4 is 5.97 Å². The van der Waals surface area contributed by atoms with Crippen molar-refractivity contribution in [2.45, 2.75) is 57.3 Å². The van der Waals surface area contributed by atoms with E-state index in [9.17, 15) is 4.79 Å². The lowest BCUT2D eigenvalue weighted by molar-refractivity contribution is 0.0589. The maximum Gasteiger partial charge on any atom is 0.360 e. The minimum absolute atomic E-state index is 0.285. The van der Waals surface area contributed by atoms with Crippen LogP contribution in [0.2, 0.25) is 0 Å². The zero-order valence-corrected chi connectivity index (χ0v) is 11.0. The summed E-state index contributed by atoms with van der Waals surface area (Å²) < 4.78 is 9.95. The molecule has 1 aromatic heterocycles. The van der Waals surface area contributed by atoms with Crippen LogP contribution in [0.15, 0.2) is 10.6 Å². The van der Waals surface area contributed by atoms with E-state index in [1.54, 1.807) is 6.07 Å². The first-order valence-electron chi connectivity index (χ1n) is 6.86. The highest BCUT2D eigenvalue weighted by Crippen LogP contribution is 2.30. The first kappa shape index (κ1) is 13.1. The molecule has 1 aliphatic rings. The summed E-state index contributed by atoms with van der Waals surface area (Å²) in [6.07, 6.45) is 10.0. The molecule has 0 N–H and O–H groups in total. The van der Waals surface area contributed by atoms with Gasteiger partial charge in [-0.2, -0.15) is 0 Å². The summed E-state index contributed by atoms with van der Waals surface area (Å²) in [4.78, 5) is 11.3. The molecule has 0 bridgehead atoms. The Bertz CT molecular complexity index is 376. The van der Waals surface area contributed by atoms with Crippen molar-refractivity contribution in [1.29, 1.82) is 0 Å². The normalized spacial score (nSPS) is 18.7. The van der Waals surface area contributed by atoms with Gasteiger partial charge in [-0.3, -0.25) is 0 Å². The fraction of sp³-hybridized carbons (Fsp3) is 0.714. The van der Waals surface area contributed by atoms with Crippen molar-refractivity contribution in [3.8, 4) is 0 Å². The van der Waals surface area contributed by atoms with Crippen LogP contribution in [-0.4, -0.2) is 18.2 Å². The lowest BCUT2D eigenvalue weighted by Crippen LogP contribution is -2.01. The van der Waals surface area contributed by atoms with Gasteiger partial charge in [0.15, 0.2) is 5.69 Å². The summed E-state index contributed by atoms with van der Waals surface area (Å²) in [5.74, 6) is 0.833. The van der Waals surface area contributed by atoms with Crippen molar-refractivity contribution in [2.75, 3.05) is 7.11 Å². The fourth-order valence-electron chi connectivity index (χ4n) is 2.60. The highest BCUT2D eigenvalue weighted by atomic mass is 16.5. The summed E-state index contributed by atoms with van der Waals surface area (Å²) in [6, 6.07) is 1.74. The van der Waals surface area contributed by atoms with Gasteiger partial charge in [0.2, 0.25) is 0 Å². The van der Waals surface area contributed by atoms with Crippen LogP contribution in [0.25, 0.3) is 0 Å². The van der Waals surface area contributed by atoms with Gasteiger partial charge in [-0.15, -0.1) is 0 Å². The van der Waals surface area contributed by atoms with Gasteiger partial charge in [0.1, 0.15) is 5.76 Å². The second kappa shape index (κ2) is 6.57. The number of esters is 1. The Hall–Kier alpha value is -1.32. The monoisotopic (exact) mass is 251 g/mol. The van der Waals surface area contributed by atoms with Crippen LogP contribution in [0.1, 0.15) is 73.5 Å². The molecule has 18 heavy (non-hydrogen) atoms. The third-order valence-corrected chi connectivity index (χ3v) is 3.68. The third kappa shape index (κ3) is 3.34. The molecule has 0 aliphatic heterocycles. The number of hydrogen-bond donors (Lipinski definition) is 0. The molecule has 0 amide bonds. The van der Waals surface area contributed by atoms with E-state index in [1.165, 1.54) is 45.6 Å². The molecule has 0 radical (unpaired) electrons. The van der Waals surface area contributed by atoms with Crippen molar-refractivity contribution < 1.29 is 14.1 Å². The molecule has 0 saturated heterocycles. The Labute approximate surface area is 108 Å². The van der Waals surface area contributed by atoms with Crippen LogP contribution in [0.4, 0.5) is 0 Å². The van der Waals surface area contributed by atoms with E-state index in [1.807, 2.05) is 0 Å². The Morgan fingerprint density at radius 2 is 1.83 bits per heavy atom. The van der Waals surface area contributed by atoms with E-state index in [0.717, 1.165) is 18.6 Å². The molecular weight excluding hydrogens is 230 g/mol. The predicted molar refractivity (Wildman–Crippen MR) is 67.5 cm³/mol. The second-order valence-corrected chi connectivity index (χ2v) is 5.00. The van der Waals surface area contributed by atoms with Crippen LogP contribution in [0.3, 0.4) is 0 Å². The molecule has 0 unspecified atom stereocenters. The van der Waals surface area contributed by atoms with Crippen LogP contribution < -0.4 is 0 Å². The van der Waals surface area contributed by atoms with E-state index < -0.39 is 5.97 Å². The average molecular weight is 251 g/mol. The van der Waals surface area contributed by atoms with Gasteiger partial charge in [-0.1, -0.05) is 43.7 Å².